The first-order valence-electron chi connectivity index (χ1n) is 17.2. The van der Waals surface area contributed by atoms with E-state index in [1.54, 1.807) is 48.2 Å². The van der Waals surface area contributed by atoms with Crippen LogP contribution >= 0.6 is 11.8 Å². The van der Waals surface area contributed by atoms with Crippen molar-refractivity contribution in [3.8, 4) is 11.5 Å². The van der Waals surface area contributed by atoms with Crippen molar-refractivity contribution in [3.63, 3.8) is 0 Å². The summed E-state index contributed by atoms with van der Waals surface area (Å²) in [6.45, 7) is 5.36. The number of ketones is 1. The van der Waals surface area contributed by atoms with Gasteiger partial charge in [-0.2, -0.15) is 4.98 Å². The molecule has 0 spiro atoms. The van der Waals surface area contributed by atoms with Crippen molar-refractivity contribution >= 4 is 68.3 Å². The molecular weight excluding hydrogens is 685 g/mol. The highest BCUT2D eigenvalue weighted by Crippen LogP contribution is 2.36. The van der Waals surface area contributed by atoms with E-state index in [9.17, 15) is 19.2 Å². The SMILES string of the molecule is COc1cc2nc(N3CCNCC3C(C)=O)nc(NC(=O)C3CCCN3C(=O)C(C)CSC(=O)c3ccccc3)c2cc1OC.c1cc2ccc1o2. The van der Waals surface area contributed by atoms with E-state index in [1.807, 2.05) is 35.2 Å². The third-order valence-corrected chi connectivity index (χ3v) is 10.4. The molecule has 7 rings (SSSR count). The number of carbonyl (C=O) groups excluding carboxylic acids is 4. The molecule has 0 saturated carbocycles. The molecule has 272 valence electrons. The maximum absolute atomic E-state index is 13.8. The molecule has 2 fully saturated rings. The van der Waals surface area contributed by atoms with Crippen LogP contribution < -0.4 is 25.0 Å². The van der Waals surface area contributed by atoms with Crippen LogP contribution in [-0.4, -0.2) is 95.8 Å². The Hall–Kier alpha value is -5.21. The second kappa shape index (κ2) is 16.4. The summed E-state index contributed by atoms with van der Waals surface area (Å²) in [7, 11) is 3.05. The Kier molecular flexibility index (Phi) is 11.6. The van der Waals surface area contributed by atoms with Crippen molar-refractivity contribution in [2.45, 2.75) is 38.8 Å². The molecule has 5 heterocycles. The molecule has 2 bridgehead atoms. The third kappa shape index (κ3) is 8.13. The zero-order valence-corrected chi connectivity index (χ0v) is 30.4. The molecular formula is C38H42N6O7S. The van der Waals surface area contributed by atoms with Gasteiger partial charge in [-0.1, -0.05) is 49.0 Å². The number of ether oxygens (including phenoxy) is 2. The molecule has 3 aromatic heterocycles. The van der Waals surface area contributed by atoms with E-state index in [4.69, 9.17) is 23.9 Å². The van der Waals surface area contributed by atoms with Gasteiger partial charge in [-0.05, 0) is 50.1 Å². The fraction of sp³-hybridized carbons (Fsp3) is 0.368. The van der Waals surface area contributed by atoms with Gasteiger partial charge in [-0.3, -0.25) is 19.2 Å². The van der Waals surface area contributed by atoms with Gasteiger partial charge in [0.1, 0.15) is 29.1 Å². The third-order valence-electron chi connectivity index (χ3n) is 9.19. The summed E-state index contributed by atoms with van der Waals surface area (Å²) in [4.78, 5) is 65.3. The Morgan fingerprint density at radius 1 is 0.962 bits per heavy atom. The first-order valence-corrected chi connectivity index (χ1v) is 18.2. The molecule has 2 aromatic carbocycles. The van der Waals surface area contributed by atoms with E-state index in [2.05, 4.69) is 10.6 Å². The molecule has 14 heteroatoms. The van der Waals surface area contributed by atoms with E-state index >= 15 is 0 Å². The zero-order valence-electron chi connectivity index (χ0n) is 29.6. The summed E-state index contributed by atoms with van der Waals surface area (Å²) in [5, 5.41) is 6.63. The summed E-state index contributed by atoms with van der Waals surface area (Å²) in [5.74, 6) is 0.724. The predicted octanol–water partition coefficient (Wildman–Crippen LogP) is 5.02. The van der Waals surface area contributed by atoms with E-state index in [-0.39, 0.29) is 28.5 Å². The second-order valence-corrected chi connectivity index (χ2v) is 13.7. The van der Waals surface area contributed by atoms with Crippen LogP contribution in [0.25, 0.3) is 22.1 Å². The van der Waals surface area contributed by atoms with Gasteiger partial charge in [0.15, 0.2) is 17.3 Å². The number of nitrogens with zero attached hydrogens (tertiary/aromatic N) is 4. The standard InChI is InChI=1S/C32H38N6O6S.C6H4O/c1-19(18-45-31(42)21-9-6-5-7-10-21)30(41)37-13-8-11-24(37)29(40)35-28-22-15-26(43-3)27(44-4)16-23(22)34-32(36-28)38-14-12-33-17-25(38)20(2)39;1-2-6-4-3-5(1)7-6/h5-7,9-10,15-16,19,24-25,33H,8,11-14,17-18H2,1-4H3,(H,34,35,36,40);1-4H. The monoisotopic (exact) mass is 726 g/mol. The average Bonchev–Trinajstić information content (AvgIpc) is 3.96. The lowest BCUT2D eigenvalue weighted by Gasteiger charge is -2.35. The number of nitrogens with one attached hydrogen (secondary N) is 2. The summed E-state index contributed by atoms with van der Waals surface area (Å²) in [5.41, 5.74) is 3.02. The lowest BCUT2D eigenvalue weighted by Crippen LogP contribution is -2.55. The zero-order chi connectivity index (χ0) is 36.8. The van der Waals surface area contributed by atoms with Gasteiger partial charge < -0.3 is 34.3 Å². The topological polar surface area (TPSA) is 156 Å². The van der Waals surface area contributed by atoms with Gasteiger partial charge in [0, 0.05) is 54.9 Å². The molecule has 52 heavy (non-hydrogen) atoms. The lowest BCUT2D eigenvalue weighted by atomic mass is 10.1. The van der Waals surface area contributed by atoms with Gasteiger partial charge in [-0.25, -0.2) is 4.98 Å². The van der Waals surface area contributed by atoms with Gasteiger partial charge in [-0.15, -0.1) is 0 Å². The molecule has 0 radical (unpaired) electrons. The Morgan fingerprint density at radius 2 is 1.65 bits per heavy atom. The number of likely N-dealkylation sites (tertiary alicyclic amines) is 1. The number of aromatic nitrogens is 2. The van der Waals surface area contributed by atoms with Crippen molar-refractivity contribution in [2.24, 2.45) is 5.92 Å². The van der Waals surface area contributed by atoms with Crippen LogP contribution in [0, 0.1) is 5.92 Å². The van der Waals surface area contributed by atoms with E-state index in [1.165, 1.54) is 21.1 Å². The van der Waals surface area contributed by atoms with Crippen molar-refractivity contribution in [2.75, 3.05) is 56.4 Å². The number of fused-ring (bicyclic) bond motifs is 3. The number of hydrogen-bond acceptors (Lipinski definition) is 12. The Balaban J connectivity index is 0.000000584. The highest BCUT2D eigenvalue weighted by molar-refractivity contribution is 8.14. The molecule has 2 aliphatic rings. The molecule has 2 N–H and O–H groups in total. The summed E-state index contributed by atoms with van der Waals surface area (Å²) in [6.07, 6.45) is 1.17. The Labute approximate surface area is 305 Å². The highest BCUT2D eigenvalue weighted by Gasteiger charge is 2.37. The number of hydrogen-bond donors (Lipinski definition) is 2. The molecule has 13 nitrogen and oxygen atoms in total. The van der Waals surface area contributed by atoms with E-state index in [0.29, 0.717) is 78.7 Å². The summed E-state index contributed by atoms with van der Waals surface area (Å²) in [6, 6.07) is 19.0. The Morgan fingerprint density at radius 3 is 2.29 bits per heavy atom. The average molecular weight is 727 g/mol. The van der Waals surface area contributed by atoms with Crippen LogP contribution in [0.3, 0.4) is 0 Å². The normalized spacial score (nSPS) is 17.8. The number of rotatable bonds is 10. The van der Waals surface area contributed by atoms with Crippen LogP contribution in [0.2, 0.25) is 0 Å². The lowest BCUT2D eigenvalue weighted by molar-refractivity contribution is -0.139. The van der Waals surface area contributed by atoms with Crippen molar-refractivity contribution in [1.82, 2.24) is 20.2 Å². The minimum Gasteiger partial charge on any atom is -0.493 e. The van der Waals surface area contributed by atoms with Crippen LogP contribution in [0.4, 0.5) is 11.8 Å². The summed E-state index contributed by atoms with van der Waals surface area (Å²) < 4.78 is 16.1. The number of furan rings is 2. The van der Waals surface area contributed by atoms with Crippen molar-refractivity contribution in [3.05, 3.63) is 72.3 Å². The maximum Gasteiger partial charge on any atom is 0.248 e. The number of amides is 2. The maximum atomic E-state index is 13.8. The van der Waals surface area contributed by atoms with Gasteiger partial charge in [0.2, 0.25) is 22.9 Å². The molecule has 3 unspecified atom stereocenters. The minimum absolute atomic E-state index is 0.0262. The molecule has 0 aliphatic carbocycles. The molecule has 2 aliphatic heterocycles. The van der Waals surface area contributed by atoms with Crippen LogP contribution in [0.1, 0.15) is 37.0 Å². The van der Waals surface area contributed by atoms with Gasteiger partial charge >= 0.3 is 0 Å². The number of benzene rings is 3. The van der Waals surface area contributed by atoms with Crippen molar-refractivity contribution in [1.29, 1.82) is 0 Å². The van der Waals surface area contributed by atoms with Gasteiger partial charge in [0.25, 0.3) is 0 Å². The van der Waals surface area contributed by atoms with Gasteiger partial charge in [0.05, 0.1) is 19.7 Å². The first-order chi connectivity index (χ1) is 25.2. The predicted molar refractivity (Wildman–Crippen MR) is 200 cm³/mol. The number of thioether (sulfide) groups is 1. The molecule has 3 atom stereocenters. The molecule has 5 aromatic rings. The minimum atomic E-state index is -0.701. The number of carbonyl (C=O) groups is 4. The largest absolute Gasteiger partial charge is 0.493 e. The number of piperazine rings is 1. The van der Waals surface area contributed by atoms with Crippen LogP contribution in [-0.2, 0) is 14.4 Å². The fourth-order valence-electron chi connectivity index (χ4n) is 6.40. The smallest absolute Gasteiger partial charge is 0.248 e. The van der Waals surface area contributed by atoms with E-state index < -0.39 is 18.0 Å². The number of Topliss-reactive ketones (excluding diaryl/α,β-unsaturated/α-hetero) is 1. The fourth-order valence-corrected chi connectivity index (χ4v) is 7.25. The van der Waals surface area contributed by atoms with Crippen LogP contribution in [0.5, 0.6) is 11.5 Å². The molecule has 2 amide bonds. The molecule has 2 saturated heterocycles. The quantitative estimate of drug-likeness (QED) is 0.198. The summed E-state index contributed by atoms with van der Waals surface area (Å²) >= 11 is 1.10. The first kappa shape index (κ1) is 36.6. The Bertz CT molecular complexity index is 1990. The number of methoxy groups -OCH3 is 2. The van der Waals surface area contributed by atoms with Crippen molar-refractivity contribution < 1.29 is 33.1 Å². The van der Waals surface area contributed by atoms with E-state index in [0.717, 1.165) is 22.9 Å². The number of anilines is 2. The van der Waals surface area contributed by atoms with Crippen LogP contribution in [0.15, 0.2) is 71.1 Å². The second-order valence-electron chi connectivity index (χ2n) is 12.7. The highest BCUT2D eigenvalue weighted by atomic mass is 32.2.